The summed E-state index contributed by atoms with van der Waals surface area (Å²) in [7, 11) is -2.11. The Morgan fingerprint density at radius 3 is 2.71 bits per heavy atom. The molecule has 0 radical (unpaired) electrons. The first kappa shape index (κ1) is 36.2. The molecule has 3 amide bonds. The molecule has 3 aliphatic heterocycles. The first-order valence-electron chi connectivity index (χ1n) is 18.1. The largest absolute Gasteiger partial charge is 0.490 e. The third kappa shape index (κ3) is 7.53. The minimum atomic E-state index is -3.84. The number of nitrogens with one attached hydrogen (secondary N) is 2. The van der Waals surface area contributed by atoms with E-state index in [1.54, 1.807) is 39.2 Å². The van der Waals surface area contributed by atoms with Gasteiger partial charge in [-0.25, -0.2) is 13.7 Å². The van der Waals surface area contributed by atoms with E-state index < -0.39 is 27.5 Å². The van der Waals surface area contributed by atoms with Gasteiger partial charge in [0.2, 0.25) is 0 Å². The summed E-state index contributed by atoms with van der Waals surface area (Å²) in [5, 5.41) is 3.64. The van der Waals surface area contributed by atoms with Gasteiger partial charge in [0, 0.05) is 49.9 Å². The number of ether oxygens (including phenoxy) is 4. The molecule has 5 atom stereocenters. The standard InChI is InChI=1S/C38H49ClN4O7S/c1-37(2)35(44)41-51(46,42-36(45)40-28-14-18-48-19-15-28)29-10-13-34-32(21-29)43(22-26-8-11-30(26)33(47-3)7-5-17-50-37)23-38(24-49-34)16-4-6-25-20-27(39)9-12-31(25)38/h5,7,9-10,12-13,20-21,26,28,30,33H,4,6,8,11,14-19,22-24H2,1-3H3,(H2,40,41,42,44,45,46)/t26-,30+,33-,38-,51?/m0/s1. The lowest BCUT2D eigenvalue weighted by molar-refractivity contribution is -0.137. The van der Waals surface area contributed by atoms with Gasteiger partial charge >= 0.3 is 6.03 Å². The summed E-state index contributed by atoms with van der Waals surface area (Å²) < 4.78 is 46.0. The highest BCUT2D eigenvalue weighted by molar-refractivity contribution is 7.92. The van der Waals surface area contributed by atoms with Gasteiger partial charge in [0.05, 0.1) is 29.9 Å². The Hall–Kier alpha value is -3.16. The zero-order valence-electron chi connectivity index (χ0n) is 29.7. The van der Waals surface area contributed by atoms with E-state index in [1.807, 2.05) is 18.2 Å². The van der Waals surface area contributed by atoms with Crippen molar-refractivity contribution in [1.82, 2.24) is 10.0 Å². The second-order valence-electron chi connectivity index (χ2n) is 15.1. The van der Waals surface area contributed by atoms with Gasteiger partial charge < -0.3 is 29.2 Å². The molecule has 1 unspecified atom stereocenters. The van der Waals surface area contributed by atoms with Crippen molar-refractivity contribution in [3.63, 3.8) is 0 Å². The van der Waals surface area contributed by atoms with Crippen LogP contribution in [-0.4, -0.2) is 80.5 Å². The zero-order valence-corrected chi connectivity index (χ0v) is 31.2. The third-order valence-corrected chi connectivity index (χ3v) is 13.3. The number of fused-ring (bicyclic) bond motifs is 4. The van der Waals surface area contributed by atoms with E-state index in [9.17, 15) is 9.59 Å². The van der Waals surface area contributed by atoms with Gasteiger partial charge in [-0.1, -0.05) is 29.8 Å². The SMILES string of the molecule is CO[C@H]1C=CCOC(C)(C)C(=O)N=S(=O)(NC(=O)NC2CCOCC2)c2ccc3c(c2)N(C[C@@H]2CC[C@H]21)C[C@@]1(CCCc2cc(Cl)ccc21)CO3. The van der Waals surface area contributed by atoms with Crippen LogP contribution in [0.3, 0.4) is 0 Å². The smallest absolute Gasteiger partial charge is 0.327 e. The van der Waals surface area contributed by atoms with Crippen LogP contribution in [0.15, 0.2) is 57.8 Å². The Kier molecular flexibility index (Phi) is 10.4. The number of benzene rings is 2. The summed E-state index contributed by atoms with van der Waals surface area (Å²) in [6, 6.07) is 10.6. The zero-order chi connectivity index (χ0) is 35.8. The van der Waals surface area contributed by atoms with Crippen molar-refractivity contribution >= 4 is 39.1 Å². The molecular formula is C38H49ClN4O7S. The molecular weight excluding hydrogens is 692 g/mol. The molecule has 2 N–H and O–H groups in total. The molecule has 2 aromatic rings. The molecule has 1 saturated carbocycles. The summed E-state index contributed by atoms with van der Waals surface area (Å²) in [6.07, 6.45) is 10.0. The molecule has 2 fully saturated rings. The van der Waals surface area contributed by atoms with Crippen molar-refractivity contribution < 1.29 is 32.7 Å². The number of rotatable bonds is 3. The quantitative estimate of drug-likeness (QED) is 0.369. The van der Waals surface area contributed by atoms with E-state index in [4.69, 9.17) is 30.5 Å². The van der Waals surface area contributed by atoms with Crippen molar-refractivity contribution in [1.29, 1.82) is 0 Å². The molecule has 1 saturated heterocycles. The molecule has 276 valence electrons. The highest BCUT2D eigenvalue weighted by Gasteiger charge is 2.45. The maximum absolute atomic E-state index is 15.0. The Morgan fingerprint density at radius 2 is 1.94 bits per heavy atom. The second-order valence-corrected chi connectivity index (χ2v) is 17.4. The summed E-state index contributed by atoms with van der Waals surface area (Å²) >= 11 is 6.47. The molecule has 1 spiro atoms. The molecule has 2 aliphatic carbocycles. The number of halogens is 1. The maximum atomic E-state index is 15.0. The molecule has 51 heavy (non-hydrogen) atoms. The Morgan fingerprint density at radius 1 is 1.12 bits per heavy atom. The van der Waals surface area contributed by atoms with Crippen LogP contribution in [0, 0.1) is 11.8 Å². The first-order valence-corrected chi connectivity index (χ1v) is 20.0. The fraction of sp³-hybridized carbons (Fsp3) is 0.579. The van der Waals surface area contributed by atoms with Gasteiger partial charge in [-0.05, 0) is 112 Å². The van der Waals surface area contributed by atoms with E-state index in [2.05, 4.69) is 31.4 Å². The second kappa shape index (κ2) is 14.7. The van der Waals surface area contributed by atoms with Crippen molar-refractivity contribution in [3.8, 4) is 5.75 Å². The highest BCUT2D eigenvalue weighted by atomic mass is 35.5. The predicted octanol–water partition coefficient (Wildman–Crippen LogP) is 5.97. The lowest BCUT2D eigenvalue weighted by Crippen LogP contribution is -2.49. The number of amides is 3. The third-order valence-electron chi connectivity index (χ3n) is 11.3. The Bertz CT molecular complexity index is 1800. The normalized spacial score (nSPS) is 30.9. The number of hydrogen-bond acceptors (Lipinski definition) is 8. The Balaban J connectivity index is 1.33. The van der Waals surface area contributed by atoms with E-state index in [0.29, 0.717) is 50.9 Å². The average molecular weight is 741 g/mol. The van der Waals surface area contributed by atoms with Crippen LogP contribution in [0.5, 0.6) is 5.75 Å². The van der Waals surface area contributed by atoms with Crippen LogP contribution >= 0.6 is 11.6 Å². The molecule has 11 nitrogen and oxygen atoms in total. The van der Waals surface area contributed by atoms with E-state index in [-0.39, 0.29) is 35.0 Å². The minimum Gasteiger partial charge on any atom is -0.490 e. The number of carbonyl (C=O) groups excluding carboxylic acids is 2. The van der Waals surface area contributed by atoms with Gasteiger partial charge in [0.15, 0.2) is 9.92 Å². The van der Waals surface area contributed by atoms with E-state index in [0.717, 1.165) is 49.4 Å². The number of hydrogen-bond donors (Lipinski definition) is 2. The molecule has 13 heteroatoms. The van der Waals surface area contributed by atoms with Crippen LogP contribution in [0.2, 0.25) is 5.02 Å². The van der Waals surface area contributed by atoms with Gasteiger partial charge in [-0.2, -0.15) is 0 Å². The van der Waals surface area contributed by atoms with Gasteiger partial charge in [0.25, 0.3) is 5.91 Å². The fourth-order valence-electron chi connectivity index (χ4n) is 8.25. The summed E-state index contributed by atoms with van der Waals surface area (Å²) in [6.45, 7) is 6.23. The van der Waals surface area contributed by atoms with Crippen LogP contribution in [0.4, 0.5) is 10.5 Å². The lowest BCUT2D eigenvalue weighted by atomic mass is 9.68. The van der Waals surface area contributed by atoms with Gasteiger partial charge in [-0.15, -0.1) is 4.36 Å². The summed E-state index contributed by atoms with van der Waals surface area (Å²) in [5.74, 6) is 0.512. The molecule has 2 aromatic carbocycles. The van der Waals surface area contributed by atoms with Crippen molar-refractivity contribution in [3.05, 3.63) is 64.7 Å². The average Bonchev–Trinajstić information content (AvgIpc) is 3.24. The number of anilines is 1. The van der Waals surface area contributed by atoms with Crippen molar-refractivity contribution in [2.45, 2.75) is 86.9 Å². The number of carbonyl (C=O) groups is 2. The summed E-state index contributed by atoms with van der Waals surface area (Å²) in [4.78, 5) is 29.8. The van der Waals surface area contributed by atoms with E-state index in [1.165, 1.54) is 11.1 Å². The van der Waals surface area contributed by atoms with Crippen LogP contribution in [-0.2, 0) is 40.8 Å². The van der Waals surface area contributed by atoms with E-state index >= 15 is 4.21 Å². The fourth-order valence-corrected chi connectivity index (χ4v) is 10.0. The van der Waals surface area contributed by atoms with Crippen molar-refractivity contribution in [2.75, 3.05) is 51.5 Å². The number of aryl methyl sites for hydroxylation is 1. The first-order chi connectivity index (χ1) is 24.5. The molecule has 5 aliphatic rings. The van der Waals surface area contributed by atoms with Crippen LogP contribution < -0.4 is 19.7 Å². The topological polar surface area (TPSA) is 128 Å². The minimum absolute atomic E-state index is 0.110. The van der Waals surface area contributed by atoms with Crippen LogP contribution in [0.25, 0.3) is 0 Å². The highest BCUT2D eigenvalue weighted by Crippen LogP contribution is 2.47. The van der Waals surface area contributed by atoms with Crippen molar-refractivity contribution in [2.24, 2.45) is 16.2 Å². The lowest BCUT2D eigenvalue weighted by Gasteiger charge is -2.46. The monoisotopic (exact) mass is 740 g/mol. The summed E-state index contributed by atoms with van der Waals surface area (Å²) in [5.41, 5.74) is 1.52. The molecule has 2 bridgehead atoms. The van der Waals surface area contributed by atoms with Gasteiger partial charge in [0.1, 0.15) is 11.4 Å². The molecule has 0 aromatic heterocycles. The molecule has 7 rings (SSSR count). The maximum Gasteiger partial charge on any atom is 0.327 e. The predicted molar refractivity (Wildman–Crippen MR) is 196 cm³/mol. The van der Waals surface area contributed by atoms with Gasteiger partial charge in [-0.3, -0.25) is 4.79 Å². The Labute approximate surface area is 306 Å². The number of urea groups is 1. The van der Waals surface area contributed by atoms with Crippen LogP contribution in [0.1, 0.15) is 63.5 Å². The number of methoxy groups -OCH3 is 1. The number of nitrogens with zero attached hydrogens (tertiary/aromatic N) is 2. The molecule has 3 heterocycles.